The van der Waals surface area contributed by atoms with Gasteiger partial charge in [0.1, 0.15) is 16.9 Å². The van der Waals surface area contributed by atoms with Crippen molar-refractivity contribution in [2.45, 2.75) is 44.5 Å². The van der Waals surface area contributed by atoms with Crippen LogP contribution in [-0.4, -0.2) is 49.7 Å². The van der Waals surface area contributed by atoms with Crippen LogP contribution in [0.3, 0.4) is 0 Å². The summed E-state index contributed by atoms with van der Waals surface area (Å²) in [5.74, 6) is 4.20. The van der Waals surface area contributed by atoms with Crippen LogP contribution in [0.15, 0.2) is 48.7 Å². The van der Waals surface area contributed by atoms with E-state index in [1.165, 1.54) is 0 Å². The van der Waals surface area contributed by atoms with Gasteiger partial charge in [-0.05, 0) is 30.2 Å². The summed E-state index contributed by atoms with van der Waals surface area (Å²) in [5, 5.41) is 13.5. The second-order valence-electron chi connectivity index (χ2n) is 8.90. The first-order chi connectivity index (χ1) is 20.1. The molecule has 0 aliphatic carbocycles. The van der Waals surface area contributed by atoms with Crippen molar-refractivity contribution in [1.82, 2.24) is 35.8 Å². The van der Waals surface area contributed by atoms with Gasteiger partial charge in [0.15, 0.2) is 0 Å². The second-order valence-corrected chi connectivity index (χ2v) is 9.96. The highest BCUT2D eigenvalue weighted by Gasteiger charge is 2.31. The second kappa shape index (κ2) is 14.2. The molecule has 43 heavy (non-hydrogen) atoms. The molecule has 3 aromatic rings. The number of carbonyl (C=O) groups excluding carboxylic acids is 2. The van der Waals surface area contributed by atoms with Crippen LogP contribution in [0.25, 0.3) is 0 Å². The van der Waals surface area contributed by atoms with Gasteiger partial charge >= 0.3 is 12.4 Å². The van der Waals surface area contributed by atoms with Crippen LogP contribution < -0.4 is 22.2 Å². The summed E-state index contributed by atoms with van der Waals surface area (Å²) >= 11 is 0.896. The first-order valence-electron chi connectivity index (χ1n) is 12.2. The number of aromatic nitrogens is 4. The maximum Gasteiger partial charge on any atom is 0.417 e. The number of carbonyl (C=O) groups is 2. The average molecular weight is 636 g/mol. The van der Waals surface area contributed by atoms with Gasteiger partial charge in [-0.15, -0.1) is 10.2 Å². The average Bonchev–Trinajstić information content (AvgIpc) is 3.42. The standard InChI is InChI=1S/C24H24F7N9O2S/c25-16(11-40(33)12-18(32)20(41)36-7-13-5-15(8-34-6-13)24(29,30)31)2-4-19-38-39-22(43-19)21(42)37-10-17-3-1-14(9-35-17)23(26,27)28/h1,3,5-6,8-9,12,16H,2,4,7,10-11,32-33H2,(H,36,41)(H,37,42)/b18-12-. The Bertz CT molecular complexity index is 1430. The molecule has 0 saturated carbocycles. The molecule has 0 radical (unpaired) electrons. The Morgan fingerprint density at radius 2 is 1.72 bits per heavy atom. The van der Waals surface area contributed by atoms with E-state index < -0.39 is 47.2 Å². The lowest BCUT2D eigenvalue weighted by Crippen LogP contribution is -2.36. The maximum atomic E-state index is 14.5. The zero-order valence-electron chi connectivity index (χ0n) is 21.9. The summed E-state index contributed by atoms with van der Waals surface area (Å²) in [6.45, 7) is -0.825. The minimum atomic E-state index is -4.60. The van der Waals surface area contributed by atoms with E-state index in [0.717, 1.165) is 46.9 Å². The lowest BCUT2D eigenvalue weighted by molar-refractivity contribution is -0.138. The van der Waals surface area contributed by atoms with Crippen LogP contribution in [-0.2, 0) is 36.7 Å². The summed E-state index contributed by atoms with van der Waals surface area (Å²) in [4.78, 5) is 31.6. The van der Waals surface area contributed by atoms with Gasteiger partial charge < -0.3 is 21.4 Å². The zero-order chi connectivity index (χ0) is 31.8. The lowest BCUT2D eigenvalue weighted by atomic mass is 10.2. The summed E-state index contributed by atoms with van der Waals surface area (Å²) in [7, 11) is 0. The number of nitrogens with two attached hydrogens (primary N) is 2. The van der Waals surface area contributed by atoms with Crippen molar-refractivity contribution in [1.29, 1.82) is 0 Å². The molecule has 0 fully saturated rings. The molecular weight excluding hydrogens is 611 g/mol. The Morgan fingerprint density at radius 3 is 2.37 bits per heavy atom. The van der Waals surface area contributed by atoms with Crippen LogP contribution in [0.1, 0.15) is 43.6 Å². The predicted molar refractivity (Wildman–Crippen MR) is 138 cm³/mol. The van der Waals surface area contributed by atoms with E-state index in [-0.39, 0.29) is 48.7 Å². The monoisotopic (exact) mass is 635 g/mol. The van der Waals surface area contributed by atoms with E-state index in [9.17, 15) is 40.3 Å². The lowest BCUT2D eigenvalue weighted by Gasteiger charge is -2.17. The smallest absolute Gasteiger partial charge is 0.393 e. The molecule has 0 aliphatic heterocycles. The van der Waals surface area contributed by atoms with Gasteiger partial charge in [-0.2, -0.15) is 26.3 Å². The third-order valence-corrected chi connectivity index (χ3v) is 6.45. The quantitative estimate of drug-likeness (QED) is 0.101. The van der Waals surface area contributed by atoms with E-state index in [4.69, 9.17) is 11.6 Å². The molecule has 3 rings (SSSR count). The van der Waals surface area contributed by atoms with Crippen LogP contribution in [0.4, 0.5) is 30.7 Å². The number of aryl methyl sites for hydroxylation is 1. The van der Waals surface area contributed by atoms with Gasteiger partial charge in [0, 0.05) is 37.8 Å². The van der Waals surface area contributed by atoms with Crippen molar-refractivity contribution >= 4 is 23.2 Å². The van der Waals surface area contributed by atoms with Gasteiger partial charge in [-0.25, -0.2) is 10.2 Å². The van der Waals surface area contributed by atoms with Crippen molar-refractivity contribution in [2.75, 3.05) is 6.54 Å². The molecular formula is C24H24F7N9O2S. The molecule has 19 heteroatoms. The normalized spacial score (nSPS) is 13.0. The van der Waals surface area contributed by atoms with Crippen LogP contribution in [0.5, 0.6) is 0 Å². The van der Waals surface area contributed by atoms with Gasteiger partial charge in [0.25, 0.3) is 11.8 Å². The van der Waals surface area contributed by atoms with E-state index in [1.807, 2.05) is 0 Å². The highest BCUT2D eigenvalue weighted by molar-refractivity contribution is 7.13. The Kier molecular flexibility index (Phi) is 10.9. The molecule has 0 saturated heterocycles. The molecule has 1 atom stereocenters. The van der Waals surface area contributed by atoms with Gasteiger partial charge in [-0.3, -0.25) is 19.6 Å². The van der Waals surface area contributed by atoms with Crippen molar-refractivity contribution in [3.8, 4) is 0 Å². The number of hydrogen-bond donors (Lipinski definition) is 4. The highest BCUT2D eigenvalue weighted by Crippen LogP contribution is 2.29. The number of amides is 2. The first kappa shape index (κ1) is 33.1. The molecule has 11 nitrogen and oxygen atoms in total. The number of hydrogen-bond acceptors (Lipinski definition) is 10. The van der Waals surface area contributed by atoms with Crippen molar-refractivity contribution < 1.29 is 40.3 Å². The fraction of sp³-hybridized carbons (Fsp3) is 0.333. The van der Waals surface area contributed by atoms with Gasteiger partial charge in [0.2, 0.25) is 5.01 Å². The minimum absolute atomic E-state index is 0.0413. The topological polar surface area (TPSA) is 165 Å². The molecule has 0 bridgehead atoms. The van der Waals surface area contributed by atoms with Gasteiger partial charge in [0.05, 0.1) is 29.9 Å². The van der Waals surface area contributed by atoms with Crippen molar-refractivity contribution in [3.05, 3.63) is 81.1 Å². The van der Waals surface area contributed by atoms with E-state index in [2.05, 4.69) is 30.8 Å². The predicted octanol–water partition coefficient (Wildman–Crippen LogP) is 2.86. The summed E-state index contributed by atoms with van der Waals surface area (Å²) in [6.07, 6.45) is -7.22. The number of halogens is 7. The summed E-state index contributed by atoms with van der Waals surface area (Å²) in [5.41, 5.74) is 3.60. The molecule has 0 spiro atoms. The maximum absolute atomic E-state index is 14.5. The Morgan fingerprint density at radius 1 is 1.00 bits per heavy atom. The first-order valence-corrected chi connectivity index (χ1v) is 13.0. The molecule has 0 aromatic carbocycles. The van der Waals surface area contributed by atoms with E-state index in [0.29, 0.717) is 17.4 Å². The molecule has 2 amide bonds. The van der Waals surface area contributed by atoms with Crippen LogP contribution in [0, 0.1) is 0 Å². The Labute approximate surface area is 243 Å². The number of alkyl halides is 7. The Balaban J connectivity index is 1.41. The van der Waals surface area contributed by atoms with Gasteiger partial charge in [-0.1, -0.05) is 11.3 Å². The van der Waals surface area contributed by atoms with E-state index in [1.54, 1.807) is 0 Å². The van der Waals surface area contributed by atoms with Crippen LogP contribution >= 0.6 is 11.3 Å². The summed E-state index contributed by atoms with van der Waals surface area (Å²) in [6, 6.07) is 2.80. The van der Waals surface area contributed by atoms with E-state index >= 15 is 0 Å². The van der Waals surface area contributed by atoms with Crippen molar-refractivity contribution in [3.63, 3.8) is 0 Å². The zero-order valence-corrected chi connectivity index (χ0v) is 22.7. The van der Waals surface area contributed by atoms with Crippen LogP contribution in [0.2, 0.25) is 0 Å². The fourth-order valence-electron chi connectivity index (χ4n) is 3.30. The third-order valence-electron chi connectivity index (χ3n) is 5.47. The number of nitrogens with zero attached hydrogens (tertiary/aromatic N) is 5. The minimum Gasteiger partial charge on any atom is -0.393 e. The number of nitrogens with one attached hydrogen (secondary N) is 2. The molecule has 3 heterocycles. The van der Waals surface area contributed by atoms with Crippen molar-refractivity contribution in [2.24, 2.45) is 11.6 Å². The molecule has 3 aromatic heterocycles. The SMILES string of the molecule is N/C(=C\N(N)CC(F)CCc1nnc(C(=O)NCc2ccc(C(F)(F)F)cn2)s1)C(=O)NCc1cncc(C(F)(F)F)c1. The molecule has 0 aliphatic rings. The largest absolute Gasteiger partial charge is 0.417 e. The number of hydrazine groups is 1. The molecule has 1 unspecified atom stereocenters. The summed E-state index contributed by atoms with van der Waals surface area (Å²) < 4.78 is 90.7. The Hall–Kier alpha value is -4.39. The highest BCUT2D eigenvalue weighted by atomic mass is 32.1. The molecule has 232 valence electrons. The molecule has 6 N–H and O–H groups in total. The number of pyridine rings is 2. The fourth-order valence-corrected chi connectivity index (χ4v) is 4.07. The number of rotatable bonds is 12. The third kappa shape index (κ3) is 10.4.